The Morgan fingerprint density at radius 1 is 1.35 bits per heavy atom. The molecule has 20 heavy (non-hydrogen) atoms. The van der Waals surface area contributed by atoms with E-state index in [0.29, 0.717) is 11.7 Å². The number of anilines is 1. The highest BCUT2D eigenvalue weighted by Gasteiger charge is 2.32. The minimum atomic E-state index is -4.41. The Balaban J connectivity index is 2.39. The lowest BCUT2D eigenvalue weighted by atomic mass is 9.97. The topological polar surface area (TPSA) is 27.0 Å². The Hall–Kier alpha value is -1.70. The quantitative estimate of drug-likeness (QED) is 0.806. The van der Waals surface area contributed by atoms with Crippen LogP contribution < -0.4 is 4.90 Å². The largest absolute Gasteiger partial charge is 0.416 e. The average Bonchev–Trinajstić information content (AvgIpc) is 2.45. The lowest BCUT2D eigenvalue weighted by Crippen LogP contribution is -2.39. The number of alkyl halides is 3. The molecule has 0 radical (unpaired) electrons. The van der Waals surface area contributed by atoms with Gasteiger partial charge in [0.15, 0.2) is 0 Å². The van der Waals surface area contributed by atoms with Crippen LogP contribution in [0.15, 0.2) is 18.2 Å². The van der Waals surface area contributed by atoms with Crippen LogP contribution in [0.3, 0.4) is 0 Å². The second kappa shape index (κ2) is 5.74. The minimum Gasteiger partial charge on any atom is -0.367 e. The standard InChI is InChI=1S/C15H17F3N2/c1-2-13-5-3-4-8-20(13)14-7-6-12(15(16,17)18)9-11(14)10-19/h6-7,9,13H,2-5,8H2,1H3. The van der Waals surface area contributed by atoms with Crippen molar-refractivity contribution < 1.29 is 13.2 Å². The molecule has 1 aliphatic heterocycles. The molecule has 108 valence electrons. The normalized spacial score (nSPS) is 19.8. The maximum Gasteiger partial charge on any atom is 0.416 e. The van der Waals surface area contributed by atoms with Crippen LogP contribution in [0.5, 0.6) is 0 Å². The Morgan fingerprint density at radius 2 is 2.10 bits per heavy atom. The molecule has 0 saturated carbocycles. The average molecular weight is 282 g/mol. The number of halogens is 3. The number of nitrogens with zero attached hydrogens (tertiary/aromatic N) is 2. The monoisotopic (exact) mass is 282 g/mol. The lowest BCUT2D eigenvalue weighted by molar-refractivity contribution is -0.137. The summed E-state index contributed by atoms with van der Waals surface area (Å²) in [6, 6.07) is 5.68. The molecule has 1 fully saturated rings. The van der Waals surface area contributed by atoms with E-state index in [1.807, 2.05) is 6.07 Å². The summed E-state index contributed by atoms with van der Waals surface area (Å²) in [6.07, 6.45) is -0.287. The molecular weight excluding hydrogens is 265 g/mol. The first kappa shape index (κ1) is 14.7. The van der Waals surface area contributed by atoms with Gasteiger partial charge in [0, 0.05) is 12.6 Å². The van der Waals surface area contributed by atoms with Crippen LogP contribution >= 0.6 is 0 Å². The third-order valence-corrected chi connectivity index (χ3v) is 3.85. The van der Waals surface area contributed by atoms with Crippen LogP contribution in [0.4, 0.5) is 18.9 Å². The first-order chi connectivity index (χ1) is 9.47. The molecule has 0 amide bonds. The summed E-state index contributed by atoms with van der Waals surface area (Å²) in [7, 11) is 0. The van der Waals surface area contributed by atoms with Gasteiger partial charge in [-0.2, -0.15) is 18.4 Å². The van der Waals surface area contributed by atoms with Crippen molar-refractivity contribution in [2.24, 2.45) is 0 Å². The molecule has 0 bridgehead atoms. The lowest BCUT2D eigenvalue weighted by Gasteiger charge is -2.37. The number of rotatable bonds is 2. The summed E-state index contributed by atoms with van der Waals surface area (Å²) in [6.45, 7) is 2.87. The van der Waals surface area contributed by atoms with Crippen molar-refractivity contribution >= 4 is 5.69 Å². The predicted octanol–water partition coefficient (Wildman–Crippen LogP) is 4.35. The van der Waals surface area contributed by atoms with Crippen molar-refractivity contribution in [3.05, 3.63) is 29.3 Å². The molecular formula is C15H17F3N2. The van der Waals surface area contributed by atoms with Gasteiger partial charge < -0.3 is 4.90 Å². The smallest absolute Gasteiger partial charge is 0.367 e. The van der Waals surface area contributed by atoms with Crippen molar-refractivity contribution in [3.63, 3.8) is 0 Å². The number of hydrogen-bond donors (Lipinski definition) is 0. The fourth-order valence-corrected chi connectivity index (χ4v) is 2.79. The zero-order chi connectivity index (χ0) is 14.8. The molecule has 0 aliphatic carbocycles. The highest BCUT2D eigenvalue weighted by atomic mass is 19.4. The van der Waals surface area contributed by atoms with Crippen LogP contribution in [0.1, 0.15) is 43.7 Å². The summed E-state index contributed by atoms with van der Waals surface area (Å²) >= 11 is 0. The maximum absolute atomic E-state index is 12.7. The highest BCUT2D eigenvalue weighted by molar-refractivity contribution is 5.61. The van der Waals surface area contributed by atoms with Crippen molar-refractivity contribution in [2.45, 2.75) is 44.8 Å². The van der Waals surface area contributed by atoms with Crippen molar-refractivity contribution in [3.8, 4) is 6.07 Å². The summed E-state index contributed by atoms with van der Waals surface area (Å²) in [5, 5.41) is 9.15. The van der Waals surface area contributed by atoms with Crippen molar-refractivity contribution in [1.29, 1.82) is 5.26 Å². The molecule has 1 heterocycles. The van der Waals surface area contributed by atoms with Crippen LogP contribution in [-0.4, -0.2) is 12.6 Å². The Bertz CT molecular complexity index is 517. The van der Waals surface area contributed by atoms with E-state index in [1.54, 1.807) is 0 Å². The number of hydrogen-bond acceptors (Lipinski definition) is 2. The number of benzene rings is 1. The van der Waals surface area contributed by atoms with Crippen LogP contribution in [0, 0.1) is 11.3 Å². The van der Waals surface area contributed by atoms with Crippen LogP contribution in [0.2, 0.25) is 0 Å². The van der Waals surface area contributed by atoms with Gasteiger partial charge >= 0.3 is 6.18 Å². The van der Waals surface area contributed by atoms with Gasteiger partial charge in [0.05, 0.1) is 16.8 Å². The van der Waals surface area contributed by atoms with Gasteiger partial charge in [0.1, 0.15) is 6.07 Å². The summed E-state index contributed by atoms with van der Waals surface area (Å²) < 4.78 is 38.1. The van der Waals surface area contributed by atoms with E-state index in [4.69, 9.17) is 5.26 Å². The second-order valence-corrected chi connectivity index (χ2v) is 5.09. The fraction of sp³-hybridized carbons (Fsp3) is 0.533. The maximum atomic E-state index is 12.7. The second-order valence-electron chi connectivity index (χ2n) is 5.09. The van der Waals surface area contributed by atoms with E-state index in [9.17, 15) is 13.2 Å². The fourth-order valence-electron chi connectivity index (χ4n) is 2.79. The van der Waals surface area contributed by atoms with Gasteiger partial charge in [-0.05, 0) is 43.9 Å². The van der Waals surface area contributed by atoms with Crippen molar-refractivity contribution in [1.82, 2.24) is 0 Å². The molecule has 1 atom stereocenters. The summed E-state index contributed by atoms with van der Waals surface area (Å²) in [4.78, 5) is 2.09. The Kier molecular flexibility index (Phi) is 4.22. The molecule has 0 N–H and O–H groups in total. The highest BCUT2D eigenvalue weighted by Crippen LogP contribution is 2.35. The zero-order valence-electron chi connectivity index (χ0n) is 11.4. The summed E-state index contributed by atoms with van der Waals surface area (Å²) in [5.41, 5.74) is -0.0184. The third-order valence-electron chi connectivity index (χ3n) is 3.85. The Morgan fingerprint density at radius 3 is 2.70 bits per heavy atom. The molecule has 2 nitrogen and oxygen atoms in total. The van der Waals surface area contributed by atoms with Gasteiger partial charge in [0.2, 0.25) is 0 Å². The van der Waals surface area contributed by atoms with Gasteiger partial charge in [-0.15, -0.1) is 0 Å². The molecule has 2 rings (SSSR count). The van der Waals surface area contributed by atoms with Gasteiger partial charge in [-0.25, -0.2) is 0 Å². The molecule has 0 aromatic heterocycles. The van der Waals surface area contributed by atoms with E-state index in [2.05, 4.69) is 11.8 Å². The van der Waals surface area contributed by atoms with Crippen LogP contribution in [0.25, 0.3) is 0 Å². The van der Waals surface area contributed by atoms with E-state index in [1.165, 1.54) is 6.07 Å². The van der Waals surface area contributed by atoms with Gasteiger partial charge in [0.25, 0.3) is 0 Å². The first-order valence-electron chi connectivity index (χ1n) is 6.85. The van der Waals surface area contributed by atoms with Crippen LogP contribution in [-0.2, 0) is 6.18 Å². The zero-order valence-corrected chi connectivity index (χ0v) is 11.4. The van der Waals surface area contributed by atoms with E-state index in [0.717, 1.165) is 44.4 Å². The third kappa shape index (κ3) is 2.90. The molecule has 1 aliphatic rings. The number of piperidine rings is 1. The number of nitriles is 1. The first-order valence-corrected chi connectivity index (χ1v) is 6.85. The van der Waals surface area contributed by atoms with E-state index >= 15 is 0 Å². The Labute approximate surface area is 116 Å². The molecule has 1 saturated heterocycles. The molecule has 1 aromatic carbocycles. The summed E-state index contributed by atoms with van der Waals surface area (Å²) in [5.74, 6) is 0. The predicted molar refractivity (Wildman–Crippen MR) is 71.4 cm³/mol. The molecule has 5 heteroatoms. The molecule has 1 unspecified atom stereocenters. The van der Waals surface area contributed by atoms with E-state index in [-0.39, 0.29) is 5.56 Å². The molecule has 0 spiro atoms. The van der Waals surface area contributed by atoms with Gasteiger partial charge in [-0.1, -0.05) is 6.92 Å². The van der Waals surface area contributed by atoms with Crippen molar-refractivity contribution in [2.75, 3.05) is 11.4 Å². The van der Waals surface area contributed by atoms with Gasteiger partial charge in [-0.3, -0.25) is 0 Å². The van der Waals surface area contributed by atoms with E-state index < -0.39 is 11.7 Å². The molecule has 1 aromatic rings. The SMILES string of the molecule is CCC1CCCCN1c1ccc(C(F)(F)F)cc1C#N. The minimum absolute atomic E-state index is 0.111.